The van der Waals surface area contributed by atoms with E-state index >= 15 is 0 Å². The number of halogens is 1. The van der Waals surface area contributed by atoms with Gasteiger partial charge in [-0.1, -0.05) is 29.8 Å². The highest BCUT2D eigenvalue weighted by Gasteiger charge is 2.33. The standard InChI is InChI=1S/C21H28ClN3O3S/c1-24(12-17-5-2-3-7-20(17)22)13-18-11-23-21(29(26,27)15-16-8-9-16)25(18)14-19-6-4-10-28-19/h2-3,5,7,11,16,19H,4,6,8-10,12-15H2,1H3/t19-/m0/s1. The molecule has 2 heterocycles. The van der Waals surface area contributed by atoms with Crippen molar-refractivity contribution in [2.24, 2.45) is 5.92 Å². The molecule has 1 aromatic carbocycles. The Hall–Kier alpha value is -1.41. The van der Waals surface area contributed by atoms with Crippen LogP contribution in [-0.4, -0.2) is 48.4 Å². The summed E-state index contributed by atoms with van der Waals surface area (Å²) in [5.74, 6) is 0.490. The van der Waals surface area contributed by atoms with Gasteiger partial charge >= 0.3 is 0 Å². The van der Waals surface area contributed by atoms with Crippen LogP contribution < -0.4 is 0 Å². The normalized spacial score (nSPS) is 19.9. The Labute approximate surface area is 177 Å². The zero-order valence-corrected chi connectivity index (χ0v) is 18.3. The Morgan fingerprint density at radius 1 is 1.24 bits per heavy atom. The SMILES string of the molecule is CN(Cc1ccccc1Cl)Cc1cnc(S(=O)(=O)CC2CC2)n1C[C@@H]1CCCO1. The first-order valence-corrected chi connectivity index (χ1v) is 12.3. The summed E-state index contributed by atoms with van der Waals surface area (Å²) in [7, 11) is -1.39. The second-order valence-corrected chi connectivity index (χ2v) is 10.6. The molecule has 158 valence electrons. The Morgan fingerprint density at radius 2 is 2.03 bits per heavy atom. The third-order valence-corrected chi connectivity index (χ3v) is 7.73. The van der Waals surface area contributed by atoms with Crippen molar-refractivity contribution in [3.05, 3.63) is 46.7 Å². The summed E-state index contributed by atoms with van der Waals surface area (Å²) in [6.07, 6.45) is 5.72. The molecule has 29 heavy (non-hydrogen) atoms. The maximum Gasteiger partial charge on any atom is 0.227 e. The number of benzene rings is 1. The summed E-state index contributed by atoms with van der Waals surface area (Å²) < 4.78 is 33.6. The van der Waals surface area contributed by atoms with Crippen molar-refractivity contribution in [2.75, 3.05) is 19.4 Å². The van der Waals surface area contributed by atoms with E-state index in [4.69, 9.17) is 16.3 Å². The van der Waals surface area contributed by atoms with Gasteiger partial charge in [0.15, 0.2) is 0 Å². The van der Waals surface area contributed by atoms with E-state index in [1.807, 2.05) is 35.9 Å². The molecule has 1 aromatic heterocycles. The minimum absolute atomic E-state index is 0.0479. The lowest BCUT2D eigenvalue weighted by atomic mass is 10.2. The minimum atomic E-state index is -3.39. The molecule has 6 nitrogen and oxygen atoms in total. The molecule has 0 bridgehead atoms. The fraction of sp³-hybridized carbons (Fsp3) is 0.571. The smallest absolute Gasteiger partial charge is 0.227 e. The van der Waals surface area contributed by atoms with Crippen LogP contribution in [0.2, 0.25) is 5.02 Å². The van der Waals surface area contributed by atoms with E-state index in [0.717, 1.165) is 48.6 Å². The van der Waals surface area contributed by atoms with Crippen LogP contribution in [0.15, 0.2) is 35.6 Å². The molecule has 4 rings (SSSR count). The zero-order valence-electron chi connectivity index (χ0n) is 16.8. The van der Waals surface area contributed by atoms with Crippen molar-refractivity contribution in [1.29, 1.82) is 0 Å². The Kier molecular flexibility index (Phi) is 6.30. The fourth-order valence-corrected chi connectivity index (χ4v) is 5.91. The molecular formula is C21H28ClN3O3S. The number of aromatic nitrogens is 2. The first-order valence-electron chi connectivity index (χ1n) is 10.2. The van der Waals surface area contributed by atoms with Gasteiger partial charge in [0.1, 0.15) is 0 Å². The molecule has 2 aliphatic rings. The quantitative estimate of drug-likeness (QED) is 0.600. The van der Waals surface area contributed by atoms with Crippen LogP contribution in [0.4, 0.5) is 0 Å². The molecule has 1 saturated carbocycles. The van der Waals surface area contributed by atoms with Crippen LogP contribution in [0, 0.1) is 5.92 Å². The molecule has 0 amide bonds. The first kappa shape index (κ1) is 20.8. The van der Waals surface area contributed by atoms with E-state index in [2.05, 4.69) is 9.88 Å². The average Bonchev–Trinajstić information content (AvgIpc) is 3.15. The maximum atomic E-state index is 13.0. The summed E-state index contributed by atoms with van der Waals surface area (Å²) in [5, 5.41) is 0.931. The van der Waals surface area contributed by atoms with Gasteiger partial charge in [-0.3, -0.25) is 4.90 Å². The van der Waals surface area contributed by atoms with Crippen LogP contribution in [-0.2, 0) is 34.2 Å². The summed E-state index contributed by atoms with van der Waals surface area (Å²) in [6.45, 7) is 2.54. The second-order valence-electron chi connectivity index (χ2n) is 8.27. The van der Waals surface area contributed by atoms with E-state index in [-0.39, 0.29) is 17.0 Å². The number of sulfone groups is 1. The monoisotopic (exact) mass is 437 g/mol. The second kappa shape index (κ2) is 8.76. The van der Waals surface area contributed by atoms with E-state index < -0.39 is 9.84 Å². The van der Waals surface area contributed by atoms with Crippen LogP contribution in [0.3, 0.4) is 0 Å². The van der Waals surface area contributed by atoms with E-state index in [1.165, 1.54) is 0 Å². The lowest BCUT2D eigenvalue weighted by Gasteiger charge is -2.21. The molecule has 2 aromatic rings. The Balaban J connectivity index is 1.55. The third-order valence-electron chi connectivity index (χ3n) is 5.57. The molecule has 0 spiro atoms. The van der Waals surface area contributed by atoms with Crippen LogP contribution in [0.5, 0.6) is 0 Å². The van der Waals surface area contributed by atoms with Gasteiger partial charge in [-0.2, -0.15) is 0 Å². The van der Waals surface area contributed by atoms with Gasteiger partial charge < -0.3 is 9.30 Å². The molecule has 0 radical (unpaired) electrons. The number of rotatable bonds is 9. The highest BCUT2D eigenvalue weighted by atomic mass is 35.5. The van der Waals surface area contributed by atoms with Crippen molar-refractivity contribution in [1.82, 2.24) is 14.5 Å². The fourth-order valence-electron chi connectivity index (χ4n) is 3.87. The van der Waals surface area contributed by atoms with Gasteiger partial charge in [-0.25, -0.2) is 13.4 Å². The van der Waals surface area contributed by atoms with Gasteiger partial charge in [-0.05, 0) is 50.3 Å². The van der Waals surface area contributed by atoms with Crippen molar-refractivity contribution in [3.63, 3.8) is 0 Å². The molecule has 0 unspecified atom stereocenters. The molecule has 1 atom stereocenters. The molecule has 8 heteroatoms. The van der Waals surface area contributed by atoms with E-state index in [9.17, 15) is 8.42 Å². The number of imidazole rings is 1. The molecular weight excluding hydrogens is 410 g/mol. The van der Waals surface area contributed by atoms with Crippen molar-refractivity contribution in [2.45, 2.75) is 56.6 Å². The van der Waals surface area contributed by atoms with Gasteiger partial charge in [0, 0.05) is 24.7 Å². The molecule has 1 saturated heterocycles. The number of hydrogen-bond acceptors (Lipinski definition) is 5. The maximum absolute atomic E-state index is 13.0. The largest absolute Gasteiger partial charge is 0.376 e. The highest BCUT2D eigenvalue weighted by Crippen LogP contribution is 2.32. The average molecular weight is 438 g/mol. The Morgan fingerprint density at radius 3 is 2.72 bits per heavy atom. The summed E-state index contributed by atoms with van der Waals surface area (Å²) in [5.41, 5.74) is 1.94. The van der Waals surface area contributed by atoms with Crippen LogP contribution in [0.25, 0.3) is 0 Å². The van der Waals surface area contributed by atoms with Gasteiger partial charge in [-0.15, -0.1) is 0 Å². The highest BCUT2D eigenvalue weighted by molar-refractivity contribution is 7.91. The zero-order chi connectivity index (χ0) is 20.4. The Bertz CT molecular complexity index is 950. The minimum Gasteiger partial charge on any atom is -0.376 e. The van der Waals surface area contributed by atoms with E-state index in [0.29, 0.717) is 25.6 Å². The number of hydrogen-bond donors (Lipinski definition) is 0. The predicted octanol–water partition coefficient (Wildman–Crippen LogP) is 3.53. The lowest BCUT2D eigenvalue weighted by molar-refractivity contribution is 0.0934. The molecule has 0 N–H and O–H groups in total. The van der Waals surface area contributed by atoms with Crippen LogP contribution in [0.1, 0.15) is 36.9 Å². The van der Waals surface area contributed by atoms with Crippen LogP contribution >= 0.6 is 11.6 Å². The molecule has 2 fully saturated rings. The van der Waals surface area contributed by atoms with E-state index in [1.54, 1.807) is 6.20 Å². The van der Waals surface area contributed by atoms with Gasteiger partial charge in [0.05, 0.1) is 30.3 Å². The summed E-state index contributed by atoms with van der Waals surface area (Å²) in [4.78, 5) is 6.48. The topological polar surface area (TPSA) is 64.4 Å². The third kappa shape index (κ3) is 5.20. The van der Waals surface area contributed by atoms with Crippen molar-refractivity contribution in [3.8, 4) is 0 Å². The van der Waals surface area contributed by atoms with Gasteiger partial charge in [0.2, 0.25) is 15.0 Å². The number of ether oxygens (including phenoxy) is 1. The number of nitrogens with zero attached hydrogens (tertiary/aromatic N) is 3. The first-order chi connectivity index (χ1) is 13.9. The van der Waals surface area contributed by atoms with Gasteiger partial charge in [0.25, 0.3) is 0 Å². The summed E-state index contributed by atoms with van der Waals surface area (Å²) >= 11 is 6.29. The lowest BCUT2D eigenvalue weighted by Crippen LogP contribution is -2.25. The molecule has 1 aliphatic carbocycles. The van der Waals surface area contributed by atoms with Crippen molar-refractivity contribution < 1.29 is 13.2 Å². The molecule has 1 aliphatic heterocycles. The summed E-state index contributed by atoms with van der Waals surface area (Å²) in [6, 6.07) is 7.78. The predicted molar refractivity (Wildman–Crippen MR) is 113 cm³/mol. The van der Waals surface area contributed by atoms with Crippen molar-refractivity contribution >= 4 is 21.4 Å².